The minimum atomic E-state index is -0.702. The van der Waals surface area contributed by atoms with Crippen LogP contribution in [-0.2, 0) is 0 Å². The molecule has 1 amide bonds. The zero-order chi connectivity index (χ0) is 14.2. The van der Waals surface area contributed by atoms with Gasteiger partial charge >= 0.3 is 0 Å². The third-order valence-corrected chi connectivity index (χ3v) is 3.24. The second-order valence-corrected chi connectivity index (χ2v) is 4.70. The Labute approximate surface area is 118 Å². The summed E-state index contributed by atoms with van der Waals surface area (Å²) in [5, 5.41) is 4.59. The molecule has 0 bridgehead atoms. The fourth-order valence-corrected chi connectivity index (χ4v) is 1.88. The average molecular weight is 298 g/mol. The standard InChI is InChI=1S/C12H9Cl2N3O2/c1-6-4-10(18)17(16-11(6)12(15)19)7-2-3-8(13)9(14)5-7/h2-5H,1H3,(H2,15,19). The van der Waals surface area contributed by atoms with E-state index in [1.165, 1.54) is 18.2 Å². The first-order valence-electron chi connectivity index (χ1n) is 5.26. The lowest BCUT2D eigenvalue weighted by atomic mass is 10.2. The fraction of sp³-hybridized carbons (Fsp3) is 0.0833. The summed E-state index contributed by atoms with van der Waals surface area (Å²) in [4.78, 5) is 23.1. The number of nitrogens with zero attached hydrogens (tertiary/aromatic N) is 2. The van der Waals surface area contributed by atoms with Gasteiger partial charge < -0.3 is 5.73 Å². The first-order valence-corrected chi connectivity index (χ1v) is 6.02. The lowest BCUT2D eigenvalue weighted by molar-refractivity contribution is 0.0993. The number of halogens is 2. The van der Waals surface area contributed by atoms with Crippen molar-refractivity contribution < 1.29 is 4.79 Å². The SMILES string of the molecule is Cc1cc(=O)n(-c2ccc(Cl)c(Cl)c2)nc1C(N)=O. The third-order valence-electron chi connectivity index (χ3n) is 2.50. The van der Waals surface area contributed by atoms with Crippen LogP contribution in [0.4, 0.5) is 0 Å². The van der Waals surface area contributed by atoms with Crippen molar-refractivity contribution in [3.63, 3.8) is 0 Å². The van der Waals surface area contributed by atoms with Crippen molar-refractivity contribution in [2.75, 3.05) is 0 Å². The molecule has 0 saturated heterocycles. The van der Waals surface area contributed by atoms with Crippen LogP contribution in [0.25, 0.3) is 5.69 Å². The highest BCUT2D eigenvalue weighted by molar-refractivity contribution is 6.42. The zero-order valence-corrected chi connectivity index (χ0v) is 11.4. The molecule has 0 atom stereocenters. The fourth-order valence-electron chi connectivity index (χ4n) is 1.59. The van der Waals surface area contributed by atoms with Crippen molar-refractivity contribution in [2.45, 2.75) is 6.92 Å². The number of amides is 1. The summed E-state index contributed by atoms with van der Waals surface area (Å²) >= 11 is 11.7. The molecule has 2 aromatic rings. The Hall–Kier alpha value is -1.85. The normalized spacial score (nSPS) is 10.5. The molecule has 2 N–H and O–H groups in total. The number of aryl methyl sites for hydroxylation is 1. The third kappa shape index (κ3) is 2.62. The van der Waals surface area contributed by atoms with E-state index >= 15 is 0 Å². The molecule has 0 spiro atoms. The predicted octanol–water partition coefficient (Wildman–Crippen LogP) is 1.95. The van der Waals surface area contributed by atoms with E-state index in [1.54, 1.807) is 13.0 Å². The highest BCUT2D eigenvalue weighted by Gasteiger charge is 2.12. The molecule has 0 radical (unpaired) electrons. The van der Waals surface area contributed by atoms with Gasteiger partial charge in [-0.2, -0.15) is 9.78 Å². The summed E-state index contributed by atoms with van der Waals surface area (Å²) in [7, 11) is 0. The molecule has 0 aliphatic rings. The van der Waals surface area contributed by atoms with Gasteiger partial charge in [0.15, 0.2) is 5.69 Å². The Morgan fingerprint density at radius 3 is 2.53 bits per heavy atom. The van der Waals surface area contributed by atoms with Gasteiger partial charge in [0.05, 0.1) is 15.7 Å². The number of aromatic nitrogens is 2. The van der Waals surface area contributed by atoms with Crippen molar-refractivity contribution in [3.8, 4) is 5.69 Å². The highest BCUT2D eigenvalue weighted by Crippen LogP contribution is 2.23. The summed E-state index contributed by atoms with van der Waals surface area (Å²) < 4.78 is 1.05. The van der Waals surface area contributed by atoms with Crippen LogP contribution in [-0.4, -0.2) is 15.7 Å². The number of hydrogen-bond donors (Lipinski definition) is 1. The Kier molecular flexibility index (Phi) is 3.59. The van der Waals surface area contributed by atoms with E-state index in [1.807, 2.05) is 0 Å². The molecule has 7 heteroatoms. The number of hydrogen-bond acceptors (Lipinski definition) is 3. The van der Waals surface area contributed by atoms with Crippen LogP contribution < -0.4 is 11.3 Å². The van der Waals surface area contributed by atoms with Crippen LogP contribution in [0.5, 0.6) is 0 Å². The molecule has 0 saturated carbocycles. The topological polar surface area (TPSA) is 78.0 Å². The van der Waals surface area contributed by atoms with Crippen molar-refractivity contribution >= 4 is 29.1 Å². The molecule has 0 aliphatic heterocycles. The zero-order valence-electron chi connectivity index (χ0n) is 9.85. The Bertz CT molecular complexity index is 725. The molecule has 2 rings (SSSR count). The van der Waals surface area contributed by atoms with Gasteiger partial charge in [-0.3, -0.25) is 9.59 Å². The average Bonchev–Trinajstić information content (AvgIpc) is 2.32. The number of carbonyl (C=O) groups is 1. The lowest BCUT2D eigenvalue weighted by Gasteiger charge is -2.08. The molecule has 19 heavy (non-hydrogen) atoms. The van der Waals surface area contributed by atoms with Crippen LogP contribution in [0.15, 0.2) is 29.1 Å². The Morgan fingerprint density at radius 2 is 1.95 bits per heavy atom. The van der Waals surface area contributed by atoms with Gasteiger partial charge in [0.2, 0.25) is 0 Å². The second-order valence-electron chi connectivity index (χ2n) is 3.89. The number of carbonyl (C=O) groups excluding carboxylic acids is 1. The molecule has 98 valence electrons. The van der Waals surface area contributed by atoms with Gasteiger partial charge in [-0.05, 0) is 30.7 Å². The first kappa shape index (κ1) is 13.6. The van der Waals surface area contributed by atoms with Crippen LogP contribution in [0.1, 0.15) is 16.1 Å². The van der Waals surface area contributed by atoms with E-state index in [2.05, 4.69) is 5.10 Å². The molecule has 5 nitrogen and oxygen atoms in total. The van der Waals surface area contributed by atoms with Crippen molar-refractivity contribution in [2.24, 2.45) is 5.73 Å². The number of primary amides is 1. The maximum Gasteiger partial charge on any atom is 0.271 e. The summed E-state index contributed by atoms with van der Waals surface area (Å²) in [5.41, 5.74) is 5.68. The van der Waals surface area contributed by atoms with E-state index in [4.69, 9.17) is 28.9 Å². The van der Waals surface area contributed by atoms with Crippen molar-refractivity contribution in [3.05, 3.63) is 55.9 Å². The maximum atomic E-state index is 11.9. The van der Waals surface area contributed by atoms with Crippen molar-refractivity contribution in [1.82, 2.24) is 9.78 Å². The van der Waals surface area contributed by atoms with Crippen LogP contribution >= 0.6 is 23.2 Å². The number of rotatable bonds is 2. The van der Waals surface area contributed by atoms with Gasteiger partial charge in [-0.25, -0.2) is 0 Å². The van der Waals surface area contributed by atoms with E-state index in [0.717, 1.165) is 4.68 Å². The van der Waals surface area contributed by atoms with E-state index in [0.29, 0.717) is 16.3 Å². The minimum Gasteiger partial charge on any atom is -0.364 e. The van der Waals surface area contributed by atoms with E-state index in [9.17, 15) is 9.59 Å². The largest absolute Gasteiger partial charge is 0.364 e. The number of benzene rings is 1. The molecule has 1 aromatic heterocycles. The second kappa shape index (κ2) is 5.03. The molecule has 1 heterocycles. The molecular weight excluding hydrogens is 289 g/mol. The summed E-state index contributed by atoms with van der Waals surface area (Å²) in [6.07, 6.45) is 0. The van der Waals surface area contributed by atoms with Crippen LogP contribution in [0, 0.1) is 6.92 Å². The van der Waals surface area contributed by atoms with Gasteiger partial charge in [-0.1, -0.05) is 23.2 Å². The quantitative estimate of drug-likeness (QED) is 0.920. The van der Waals surface area contributed by atoms with Crippen molar-refractivity contribution in [1.29, 1.82) is 0 Å². The Morgan fingerprint density at radius 1 is 1.26 bits per heavy atom. The maximum absolute atomic E-state index is 11.9. The highest BCUT2D eigenvalue weighted by atomic mass is 35.5. The predicted molar refractivity (Wildman–Crippen MR) is 73.1 cm³/mol. The van der Waals surface area contributed by atoms with E-state index < -0.39 is 5.91 Å². The lowest BCUT2D eigenvalue weighted by Crippen LogP contribution is -2.26. The Balaban J connectivity index is 2.68. The minimum absolute atomic E-state index is 0.0330. The molecular formula is C12H9Cl2N3O2. The molecule has 0 unspecified atom stereocenters. The molecule has 0 fully saturated rings. The van der Waals surface area contributed by atoms with Crippen LogP contribution in [0.2, 0.25) is 10.0 Å². The van der Waals surface area contributed by atoms with E-state index in [-0.39, 0.29) is 16.3 Å². The van der Waals surface area contributed by atoms with Crippen LogP contribution in [0.3, 0.4) is 0 Å². The summed E-state index contributed by atoms with van der Waals surface area (Å²) in [6, 6.07) is 5.88. The monoisotopic (exact) mass is 297 g/mol. The van der Waals surface area contributed by atoms with Gasteiger partial charge in [0.1, 0.15) is 0 Å². The summed E-state index contributed by atoms with van der Waals surface area (Å²) in [5.74, 6) is -0.702. The smallest absolute Gasteiger partial charge is 0.271 e. The number of nitrogens with two attached hydrogens (primary N) is 1. The van der Waals surface area contributed by atoms with Gasteiger partial charge in [-0.15, -0.1) is 0 Å². The first-order chi connectivity index (χ1) is 8.90. The molecule has 0 aliphatic carbocycles. The van der Waals surface area contributed by atoms with Gasteiger partial charge in [0.25, 0.3) is 11.5 Å². The molecule has 1 aromatic carbocycles. The summed E-state index contributed by atoms with van der Waals surface area (Å²) in [6.45, 7) is 1.59. The van der Waals surface area contributed by atoms with Gasteiger partial charge in [0, 0.05) is 6.07 Å².